The van der Waals surface area contributed by atoms with E-state index in [0.717, 1.165) is 17.7 Å². The molecule has 0 bridgehead atoms. The summed E-state index contributed by atoms with van der Waals surface area (Å²) in [5.41, 5.74) is 2.25. The van der Waals surface area contributed by atoms with E-state index in [1.54, 1.807) is 12.1 Å². The fourth-order valence-corrected chi connectivity index (χ4v) is 2.41. The molecule has 3 aromatic rings. The molecule has 23 heavy (non-hydrogen) atoms. The van der Waals surface area contributed by atoms with Crippen molar-refractivity contribution in [2.24, 2.45) is 0 Å². The van der Waals surface area contributed by atoms with Crippen molar-refractivity contribution < 1.29 is 18.3 Å². The van der Waals surface area contributed by atoms with Crippen molar-refractivity contribution in [2.75, 3.05) is 0 Å². The van der Waals surface area contributed by atoms with E-state index in [4.69, 9.17) is 5.11 Å². The van der Waals surface area contributed by atoms with Gasteiger partial charge in [0.25, 0.3) is 0 Å². The highest BCUT2D eigenvalue weighted by Crippen LogP contribution is 2.32. The highest BCUT2D eigenvalue weighted by atomic mass is 19.2. The number of hydrogen-bond acceptors (Lipinski definition) is 1. The number of phenols is 1. The minimum Gasteiger partial charge on any atom is -0.505 e. The number of phenolic OH excluding ortho intramolecular Hbond substituents is 1. The van der Waals surface area contributed by atoms with Crippen LogP contribution in [-0.4, -0.2) is 5.11 Å². The largest absolute Gasteiger partial charge is 0.505 e. The molecule has 0 aromatic heterocycles. The summed E-state index contributed by atoms with van der Waals surface area (Å²) in [6.07, 6.45) is 0. The molecule has 0 saturated carbocycles. The van der Waals surface area contributed by atoms with Crippen LogP contribution in [0.1, 0.15) is 5.56 Å². The second-order valence-corrected chi connectivity index (χ2v) is 5.32. The Balaban J connectivity index is 2.06. The molecule has 3 rings (SSSR count). The SMILES string of the molecule is Cc1ccc(-c2ccc(-c3ccc(O)c(F)c3F)cc2F)cc1. The van der Waals surface area contributed by atoms with Crippen molar-refractivity contribution in [3.63, 3.8) is 0 Å². The van der Waals surface area contributed by atoms with E-state index in [1.165, 1.54) is 18.2 Å². The third-order valence-corrected chi connectivity index (χ3v) is 3.70. The van der Waals surface area contributed by atoms with Crippen molar-refractivity contribution in [1.29, 1.82) is 0 Å². The maximum Gasteiger partial charge on any atom is 0.200 e. The topological polar surface area (TPSA) is 20.2 Å². The van der Waals surface area contributed by atoms with E-state index in [-0.39, 0.29) is 11.1 Å². The quantitative estimate of drug-likeness (QED) is 0.666. The van der Waals surface area contributed by atoms with Crippen LogP contribution < -0.4 is 0 Å². The van der Waals surface area contributed by atoms with Crippen LogP contribution in [-0.2, 0) is 0 Å². The van der Waals surface area contributed by atoms with Gasteiger partial charge in [-0.15, -0.1) is 0 Å². The second kappa shape index (κ2) is 5.80. The Hall–Kier alpha value is -2.75. The third kappa shape index (κ3) is 2.80. The van der Waals surface area contributed by atoms with E-state index in [9.17, 15) is 13.2 Å². The Morgan fingerprint density at radius 2 is 1.30 bits per heavy atom. The van der Waals surface area contributed by atoms with Crippen LogP contribution in [0.15, 0.2) is 54.6 Å². The Labute approximate surface area is 131 Å². The number of hydrogen-bond donors (Lipinski definition) is 1. The number of aryl methyl sites for hydroxylation is 1. The summed E-state index contributed by atoms with van der Waals surface area (Å²) >= 11 is 0. The average Bonchev–Trinajstić information content (AvgIpc) is 2.54. The van der Waals surface area contributed by atoms with Crippen molar-refractivity contribution in [3.8, 4) is 28.0 Å². The Kier molecular flexibility index (Phi) is 3.82. The molecule has 0 saturated heterocycles. The molecule has 0 aliphatic rings. The van der Waals surface area contributed by atoms with Gasteiger partial charge in [0.05, 0.1) is 0 Å². The molecule has 0 radical (unpaired) electrons. The van der Waals surface area contributed by atoms with Crippen LogP contribution in [0.2, 0.25) is 0 Å². The zero-order chi connectivity index (χ0) is 16.6. The lowest BCUT2D eigenvalue weighted by Crippen LogP contribution is -1.92. The first kappa shape index (κ1) is 15.2. The summed E-state index contributed by atoms with van der Waals surface area (Å²) in [5, 5.41) is 9.15. The lowest BCUT2D eigenvalue weighted by molar-refractivity contribution is 0.408. The predicted octanol–water partition coefficient (Wildman–Crippen LogP) is 5.45. The van der Waals surface area contributed by atoms with Crippen LogP contribution in [0.4, 0.5) is 13.2 Å². The molecule has 1 nitrogen and oxygen atoms in total. The first-order valence-electron chi connectivity index (χ1n) is 7.01. The predicted molar refractivity (Wildman–Crippen MR) is 83.6 cm³/mol. The standard InChI is InChI=1S/C19H13F3O/c1-11-2-4-12(5-3-11)14-7-6-13(10-16(14)20)15-8-9-17(23)19(22)18(15)21/h2-10,23H,1H3. The summed E-state index contributed by atoms with van der Waals surface area (Å²) in [4.78, 5) is 0. The van der Waals surface area contributed by atoms with E-state index in [0.29, 0.717) is 11.1 Å². The van der Waals surface area contributed by atoms with Gasteiger partial charge in [-0.1, -0.05) is 42.0 Å². The molecular weight excluding hydrogens is 301 g/mol. The maximum atomic E-state index is 14.4. The summed E-state index contributed by atoms with van der Waals surface area (Å²) in [6.45, 7) is 1.94. The molecule has 0 amide bonds. The fourth-order valence-electron chi connectivity index (χ4n) is 2.41. The lowest BCUT2D eigenvalue weighted by Gasteiger charge is -2.09. The molecule has 0 spiro atoms. The van der Waals surface area contributed by atoms with Gasteiger partial charge in [-0.3, -0.25) is 0 Å². The number of rotatable bonds is 2. The van der Waals surface area contributed by atoms with Crippen LogP contribution >= 0.6 is 0 Å². The minimum absolute atomic E-state index is 0.102. The summed E-state index contributed by atoms with van der Waals surface area (Å²) in [6, 6.07) is 13.8. The van der Waals surface area contributed by atoms with Crippen molar-refractivity contribution in [3.05, 3.63) is 77.6 Å². The zero-order valence-corrected chi connectivity index (χ0v) is 12.3. The van der Waals surface area contributed by atoms with E-state index >= 15 is 0 Å². The van der Waals surface area contributed by atoms with Crippen molar-refractivity contribution in [2.45, 2.75) is 6.92 Å². The second-order valence-electron chi connectivity index (χ2n) is 5.32. The number of aromatic hydroxyl groups is 1. The van der Waals surface area contributed by atoms with E-state index in [2.05, 4.69) is 0 Å². The Morgan fingerprint density at radius 3 is 1.96 bits per heavy atom. The molecule has 0 unspecified atom stereocenters. The molecular formula is C19H13F3O. The van der Waals surface area contributed by atoms with Gasteiger partial charge >= 0.3 is 0 Å². The van der Waals surface area contributed by atoms with Crippen molar-refractivity contribution >= 4 is 0 Å². The first-order valence-corrected chi connectivity index (χ1v) is 7.01. The van der Waals surface area contributed by atoms with Crippen molar-refractivity contribution in [1.82, 2.24) is 0 Å². The summed E-state index contributed by atoms with van der Waals surface area (Å²) in [5.74, 6) is -3.85. The smallest absolute Gasteiger partial charge is 0.200 e. The van der Waals surface area contributed by atoms with Gasteiger partial charge < -0.3 is 5.11 Å². The molecule has 1 N–H and O–H groups in total. The monoisotopic (exact) mass is 314 g/mol. The van der Waals surface area contributed by atoms with Crippen LogP contribution in [0.5, 0.6) is 5.75 Å². The van der Waals surface area contributed by atoms with E-state index < -0.39 is 23.2 Å². The van der Waals surface area contributed by atoms with Gasteiger partial charge in [0.15, 0.2) is 11.6 Å². The van der Waals surface area contributed by atoms with Gasteiger partial charge in [-0.05, 0) is 36.2 Å². The highest BCUT2D eigenvalue weighted by molar-refractivity contribution is 5.72. The Morgan fingerprint density at radius 1 is 0.696 bits per heavy atom. The molecule has 0 aliphatic heterocycles. The third-order valence-electron chi connectivity index (χ3n) is 3.70. The molecule has 0 atom stereocenters. The van der Waals surface area contributed by atoms with Crippen LogP contribution in [0.3, 0.4) is 0 Å². The van der Waals surface area contributed by atoms with Crippen LogP contribution in [0, 0.1) is 24.4 Å². The van der Waals surface area contributed by atoms with Gasteiger partial charge in [-0.25, -0.2) is 8.78 Å². The average molecular weight is 314 g/mol. The highest BCUT2D eigenvalue weighted by Gasteiger charge is 2.15. The molecule has 4 heteroatoms. The lowest BCUT2D eigenvalue weighted by atomic mass is 9.98. The van der Waals surface area contributed by atoms with Gasteiger partial charge in [-0.2, -0.15) is 4.39 Å². The first-order chi connectivity index (χ1) is 11.0. The molecule has 116 valence electrons. The fraction of sp³-hybridized carbons (Fsp3) is 0.0526. The zero-order valence-electron chi connectivity index (χ0n) is 12.3. The molecule has 3 aromatic carbocycles. The van der Waals surface area contributed by atoms with Gasteiger partial charge in [0.2, 0.25) is 5.82 Å². The molecule has 0 heterocycles. The summed E-state index contributed by atoms with van der Waals surface area (Å²) < 4.78 is 41.7. The maximum absolute atomic E-state index is 14.4. The minimum atomic E-state index is -1.34. The Bertz CT molecular complexity index is 871. The normalized spacial score (nSPS) is 10.8. The summed E-state index contributed by atoms with van der Waals surface area (Å²) in [7, 11) is 0. The van der Waals surface area contributed by atoms with Gasteiger partial charge in [0.1, 0.15) is 5.82 Å². The number of halogens is 3. The number of benzene rings is 3. The molecule has 0 fully saturated rings. The molecule has 0 aliphatic carbocycles. The van der Waals surface area contributed by atoms with Gasteiger partial charge in [0, 0.05) is 11.1 Å². The van der Waals surface area contributed by atoms with Crippen LogP contribution in [0.25, 0.3) is 22.3 Å². The van der Waals surface area contributed by atoms with E-state index in [1.807, 2.05) is 19.1 Å².